The summed E-state index contributed by atoms with van der Waals surface area (Å²) in [6.07, 6.45) is 5.19. The normalized spacial score (nSPS) is 9.00. The molecule has 0 saturated heterocycles. The van der Waals surface area contributed by atoms with Gasteiger partial charge >= 0.3 is 0 Å². The lowest BCUT2D eigenvalue weighted by Gasteiger charge is -2.03. The van der Waals surface area contributed by atoms with E-state index in [0.717, 1.165) is 5.56 Å². The second-order valence-corrected chi connectivity index (χ2v) is 2.24. The Balaban J connectivity index is 2.68. The van der Waals surface area contributed by atoms with E-state index >= 15 is 0 Å². The molecule has 0 heterocycles. The number of terminal acetylenes is 1. The van der Waals surface area contributed by atoms with Crippen LogP contribution in [0.2, 0.25) is 0 Å². The van der Waals surface area contributed by atoms with Crippen LogP contribution in [0.5, 0.6) is 5.75 Å². The van der Waals surface area contributed by atoms with Gasteiger partial charge in [-0.1, -0.05) is 12.0 Å². The summed E-state index contributed by atoms with van der Waals surface area (Å²) in [6.45, 7) is 0.314. The van der Waals surface area contributed by atoms with Gasteiger partial charge in [-0.3, -0.25) is 0 Å². The molecule has 0 spiro atoms. The van der Waals surface area contributed by atoms with Crippen LogP contribution in [-0.4, -0.2) is 18.3 Å². The molecule has 2 heteroatoms. The van der Waals surface area contributed by atoms with E-state index in [1.807, 2.05) is 12.1 Å². The van der Waals surface area contributed by atoms with Crippen molar-refractivity contribution in [2.75, 3.05) is 13.2 Å². The van der Waals surface area contributed by atoms with Crippen LogP contribution < -0.4 is 4.74 Å². The van der Waals surface area contributed by atoms with E-state index in [-0.39, 0.29) is 6.61 Å². The van der Waals surface area contributed by atoms with E-state index in [2.05, 4.69) is 5.92 Å². The molecular formula is C10H10O2. The maximum atomic E-state index is 8.49. The Kier molecular flexibility index (Phi) is 3.18. The minimum atomic E-state index is 0.0142. The molecule has 0 aromatic heterocycles. The van der Waals surface area contributed by atoms with Gasteiger partial charge in [0.25, 0.3) is 0 Å². The first-order valence-electron chi connectivity index (χ1n) is 3.67. The van der Waals surface area contributed by atoms with Crippen molar-refractivity contribution in [3.63, 3.8) is 0 Å². The van der Waals surface area contributed by atoms with E-state index in [9.17, 15) is 0 Å². The molecule has 0 aliphatic heterocycles. The van der Waals surface area contributed by atoms with Gasteiger partial charge < -0.3 is 9.84 Å². The molecule has 0 bridgehead atoms. The largest absolute Gasteiger partial charge is 0.491 e. The minimum absolute atomic E-state index is 0.0142. The fourth-order valence-corrected chi connectivity index (χ4v) is 0.839. The van der Waals surface area contributed by atoms with Crippen LogP contribution in [0, 0.1) is 12.3 Å². The smallest absolute Gasteiger partial charge is 0.120 e. The standard InChI is InChI=1S/C10H10O2/c1-2-9-4-3-5-10(8-9)12-7-6-11/h1,3-5,8,11H,6-7H2. The van der Waals surface area contributed by atoms with Crippen molar-refractivity contribution in [3.8, 4) is 18.1 Å². The number of hydrogen-bond donors (Lipinski definition) is 1. The van der Waals surface area contributed by atoms with Gasteiger partial charge in [-0.2, -0.15) is 0 Å². The molecule has 12 heavy (non-hydrogen) atoms. The molecule has 0 unspecified atom stereocenters. The summed E-state index contributed by atoms with van der Waals surface area (Å²) in [5.41, 5.74) is 0.783. The first-order chi connectivity index (χ1) is 5.86. The van der Waals surface area contributed by atoms with Gasteiger partial charge in [-0.05, 0) is 18.2 Å². The van der Waals surface area contributed by atoms with Gasteiger partial charge in [-0.25, -0.2) is 0 Å². The lowest BCUT2D eigenvalue weighted by Crippen LogP contribution is -2.01. The molecule has 1 aromatic rings. The summed E-state index contributed by atoms with van der Waals surface area (Å²) in [6, 6.07) is 7.21. The van der Waals surface area contributed by atoms with Crippen molar-refractivity contribution in [1.82, 2.24) is 0 Å². The lowest BCUT2D eigenvalue weighted by molar-refractivity contribution is 0.201. The average Bonchev–Trinajstić information content (AvgIpc) is 2.15. The van der Waals surface area contributed by atoms with E-state index in [0.29, 0.717) is 12.4 Å². The fourth-order valence-electron chi connectivity index (χ4n) is 0.839. The second kappa shape index (κ2) is 4.42. The third-order valence-corrected chi connectivity index (χ3v) is 1.36. The maximum absolute atomic E-state index is 8.49. The highest BCUT2D eigenvalue weighted by Gasteiger charge is 1.92. The van der Waals surface area contributed by atoms with Gasteiger partial charge in [0.1, 0.15) is 12.4 Å². The molecule has 1 N–H and O–H groups in total. The molecule has 2 nitrogen and oxygen atoms in total. The number of aliphatic hydroxyl groups is 1. The minimum Gasteiger partial charge on any atom is -0.491 e. The van der Waals surface area contributed by atoms with Crippen molar-refractivity contribution in [2.24, 2.45) is 0 Å². The first-order valence-corrected chi connectivity index (χ1v) is 3.67. The quantitative estimate of drug-likeness (QED) is 0.673. The molecule has 0 radical (unpaired) electrons. The zero-order chi connectivity index (χ0) is 8.81. The number of hydrogen-bond acceptors (Lipinski definition) is 2. The van der Waals surface area contributed by atoms with Crippen LogP contribution in [-0.2, 0) is 0 Å². The molecular weight excluding hydrogens is 152 g/mol. The van der Waals surface area contributed by atoms with Gasteiger partial charge in [0.05, 0.1) is 6.61 Å². The number of ether oxygens (including phenoxy) is 1. The van der Waals surface area contributed by atoms with E-state index in [1.54, 1.807) is 12.1 Å². The SMILES string of the molecule is C#Cc1cccc(OCCO)c1. The van der Waals surface area contributed by atoms with E-state index < -0.39 is 0 Å². The molecule has 1 rings (SSSR count). The zero-order valence-electron chi connectivity index (χ0n) is 6.66. The summed E-state index contributed by atoms with van der Waals surface area (Å²) >= 11 is 0. The predicted molar refractivity (Wildman–Crippen MR) is 47.0 cm³/mol. The third-order valence-electron chi connectivity index (χ3n) is 1.36. The second-order valence-electron chi connectivity index (χ2n) is 2.24. The van der Waals surface area contributed by atoms with Crippen molar-refractivity contribution in [2.45, 2.75) is 0 Å². The zero-order valence-corrected chi connectivity index (χ0v) is 6.66. The topological polar surface area (TPSA) is 29.5 Å². The molecule has 0 fully saturated rings. The third kappa shape index (κ3) is 2.30. The first kappa shape index (κ1) is 8.63. The molecule has 62 valence electrons. The highest BCUT2D eigenvalue weighted by molar-refractivity contribution is 5.38. The van der Waals surface area contributed by atoms with Crippen LogP contribution in [0.3, 0.4) is 0 Å². The van der Waals surface area contributed by atoms with Gasteiger partial charge in [0, 0.05) is 5.56 Å². The van der Waals surface area contributed by atoms with Crippen LogP contribution in [0.15, 0.2) is 24.3 Å². The van der Waals surface area contributed by atoms with Gasteiger partial charge in [0.2, 0.25) is 0 Å². The maximum Gasteiger partial charge on any atom is 0.120 e. The fraction of sp³-hybridized carbons (Fsp3) is 0.200. The summed E-state index contributed by atoms with van der Waals surface area (Å²) in [7, 11) is 0. The summed E-state index contributed by atoms with van der Waals surface area (Å²) < 4.78 is 5.15. The Bertz CT molecular complexity index is 286. The van der Waals surface area contributed by atoms with Gasteiger partial charge in [-0.15, -0.1) is 6.42 Å². The molecule has 0 aliphatic rings. The predicted octanol–water partition coefficient (Wildman–Crippen LogP) is 1.04. The molecule has 0 amide bonds. The Labute approximate surface area is 71.8 Å². The van der Waals surface area contributed by atoms with E-state index in [1.165, 1.54) is 0 Å². The Morgan fingerprint density at radius 1 is 1.50 bits per heavy atom. The highest BCUT2D eigenvalue weighted by atomic mass is 16.5. The molecule has 1 aromatic carbocycles. The number of rotatable bonds is 3. The summed E-state index contributed by atoms with van der Waals surface area (Å²) in [5.74, 6) is 3.20. The Morgan fingerprint density at radius 3 is 3.00 bits per heavy atom. The number of benzene rings is 1. The van der Waals surface area contributed by atoms with Crippen LogP contribution in [0.1, 0.15) is 5.56 Å². The van der Waals surface area contributed by atoms with E-state index in [4.69, 9.17) is 16.3 Å². The van der Waals surface area contributed by atoms with Crippen LogP contribution >= 0.6 is 0 Å². The summed E-state index contributed by atoms with van der Waals surface area (Å²) in [5, 5.41) is 8.49. The van der Waals surface area contributed by atoms with Crippen LogP contribution in [0.4, 0.5) is 0 Å². The Hall–Kier alpha value is -1.46. The van der Waals surface area contributed by atoms with Crippen molar-refractivity contribution < 1.29 is 9.84 Å². The van der Waals surface area contributed by atoms with Crippen molar-refractivity contribution in [3.05, 3.63) is 29.8 Å². The molecule has 0 saturated carbocycles. The lowest BCUT2D eigenvalue weighted by atomic mass is 10.2. The average molecular weight is 162 g/mol. The highest BCUT2D eigenvalue weighted by Crippen LogP contribution is 2.11. The summed E-state index contributed by atoms with van der Waals surface area (Å²) in [4.78, 5) is 0. The molecule has 0 atom stereocenters. The van der Waals surface area contributed by atoms with Gasteiger partial charge in [0.15, 0.2) is 0 Å². The monoisotopic (exact) mass is 162 g/mol. The van der Waals surface area contributed by atoms with Crippen LogP contribution in [0.25, 0.3) is 0 Å². The Morgan fingerprint density at radius 2 is 2.33 bits per heavy atom. The molecule has 0 aliphatic carbocycles. The van der Waals surface area contributed by atoms with Crippen molar-refractivity contribution in [1.29, 1.82) is 0 Å². The van der Waals surface area contributed by atoms with Crippen molar-refractivity contribution >= 4 is 0 Å². The number of aliphatic hydroxyl groups excluding tert-OH is 1.